The Kier molecular flexibility index (Phi) is 4.41. The SMILES string of the molecule is CCCCc1nc2[nH]c(=O)cc(NC(=O)c3ccc(C)cc3)n2n1. The number of nitrogens with one attached hydrogen (secondary N) is 2. The van der Waals surface area contributed by atoms with Crippen molar-refractivity contribution in [1.29, 1.82) is 0 Å². The first-order valence-corrected chi connectivity index (χ1v) is 7.94. The molecule has 1 amide bonds. The summed E-state index contributed by atoms with van der Waals surface area (Å²) < 4.78 is 1.46. The highest BCUT2D eigenvalue weighted by Gasteiger charge is 2.12. The molecule has 0 aliphatic rings. The van der Waals surface area contributed by atoms with E-state index in [0.717, 1.165) is 24.8 Å². The number of H-pyrrole nitrogens is 1. The standard InChI is InChI=1S/C17H19N5O2/c1-3-4-5-13-18-17-20-15(23)10-14(22(17)21-13)19-16(24)12-8-6-11(2)7-9-12/h6-10H,3-5H2,1-2H3,(H,19,24)(H,18,20,21,23). The number of carbonyl (C=O) groups is 1. The molecule has 3 aromatic rings. The number of nitrogens with zero attached hydrogens (tertiary/aromatic N) is 3. The van der Waals surface area contributed by atoms with Crippen LogP contribution < -0.4 is 10.9 Å². The molecule has 0 saturated carbocycles. The van der Waals surface area contributed by atoms with Gasteiger partial charge < -0.3 is 5.32 Å². The number of carbonyl (C=O) groups excluding carboxylic acids is 1. The Morgan fingerprint density at radius 3 is 2.75 bits per heavy atom. The van der Waals surface area contributed by atoms with Crippen LogP contribution in [0.3, 0.4) is 0 Å². The lowest BCUT2D eigenvalue weighted by molar-refractivity contribution is 0.102. The molecule has 0 aliphatic carbocycles. The van der Waals surface area contributed by atoms with Crippen molar-refractivity contribution in [2.45, 2.75) is 33.1 Å². The van der Waals surface area contributed by atoms with Crippen LogP contribution >= 0.6 is 0 Å². The molecule has 2 heterocycles. The molecule has 0 bridgehead atoms. The van der Waals surface area contributed by atoms with E-state index in [2.05, 4.69) is 27.3 Å². The zero-order valence-electron chi connectivity index (χ0n) is 13.7. The van der Waals surface area contributed by atoms with Gasteiger partial charge in [0.2, 0.25) is 5.78 Å². The molecule has 24 heavy (non-hydrogen) atoms. The average Bonchev–Trinajstić information content (AvgIpc) is 2.96. The second-order valence-electron chi connectivity index (χ2n) is 5.71. The highest BCUT2D eigenvalue weighted by Crippen LogP contribution is 2.11. The normalized spacial score (nSPS) is 10.9. The summed E-state index contributed by atoms with van der Waals surface area (Å²) in [6.07, 6.45) is 2.72. The third kappa shape index (κ3) is 3.34. The van der Waals surface area contributed by atoms with Crippen molar-refractivity contribution >= 4 is 17.5 Å². The number of hydrogen-bond donors (Lipinski definition) is 2. The zero-order valence-corrected chi connectivity index (χ0v) is 13.7. The van der Waals surface area contributed by atoms with Crippen LogP contribution in [-0.2, 0) is 6.42 Å². The number of aromatic nitrogens is 4. The molecule has 0 atom stereocenters. The number of aromatic amines is 1. The maximum absolute atomic E-state index is 12.4. The van der Waals surface area contributed by atoms with Gasteiger partial charge in [-0.05, 0) is 25.5 Å². The fourth-order valence-corrected chi connectivity index (χ4v) is 2.36. The number of hydrogen-bond acceptors (Lipinski definition) is 4. The lowest BCUT2D eigenvalue weighted by Gasteiger charge is -2.06. The van der Waals surface area contributed by atoms with Crippen molar-refractivity contribution in [3.8, 4) is 0 Å². The Labute approximate surface area is 138 Å². The Morgan fingerprint density at radius 2 is 2.04 bits per heavy atom. The van der Waals surface area contributed by atoms with Gasteiger partial charge in [-0.2, -0.15) is 9.50 Å². The third-order valence-electron chi connectivity index (χ3n) is 3.69. The molecule has 0 radical (unpaired) electrons. The lowest BCUT2D eigenvalue weighted by atomic mass is 10.1. The first kappa shape index (κ1) is 15.9. The van der Waals surface area contributed by atoms with Gasteiger partial charge in [-0.1, -0.05) is 31.0 Å². The minimum Gasteiger partial charge on any atom is -0.306 e. The monoisotopic (exact) mass is 325 g/mol. The molecule has 3 rings (SSSR count). The molecule has 124 valence electrons. The van der Waals surface area contributed by atoms with Crippen molar-refractivity contribution in [2.24, 2.45) is 0 Å². The minimum atomic E-state index is -0.337. The number of fused-ring (bicyclic) bond motifs is 1. The molecule has 7 heteroatoms. The highest BCUT2D eigenvalue weighted by molar-refractivity contribution is 6.03. The van der Waals surface area contributed by atoms with Crippen molar-refractivity contribution < 1.29 is 4.79 Å². The predicted octanol–water partition coefficient (Wildman–Crippen LogP) is 2.32. The van der Waals surface area contributed by atoms with E-state index in [9.17, 15) is 9.59 Å². The summed E-state index contributed by atoms with van der Waals surface area (Å²) in [5.74, 6) is 0.972. The van der Waals surface area contributed by atoms with E-state index < -0.39 is 0 Å². The van der Waals surface area contributed by atoms with E-state index in [-0.39, 0.29) is 11.5 Å². The van der Waals surface area contributed by atoms with Gasteiger partial charge in [-0.15, -0.1) is 5.10 Å². The summed E-state index contributed by atoms with van der Waals surface area (Å²) in [6, 6.07) is 8.50. The van der Waals surface area contributed by atoms with Gasteiger partial charge in [0.05, 0.1) is 0 Å². The molecule has 0 unspecified atom stereocenters. The smallest absolute Gasteiger partial charge is 0.256 e. The van der Waals surface area contributed by atoms with Crippen LogP contribution in [0, 0.1) is 6.92 Å². The summed E-state index contributed by atoms with van der Waals surface area (Å²) in [5, 5.41) is 7.11. The zero-order chi connectivity index (χ0) is 17.1. The lowest BCUT2D eigenvalue weighted by Crippen LogP contribution is -2.18. The molecule has 2 N–H and O–H groups in total. The minimum absolute atomic E-state index is 0.299. The molecule has 0 spiro atoms. The van der Waals surface area contributed by atoms with Crippen LogP contribution in [0.25, 0.3) is 5.78 Å². The first-order chi connectivity index (χ1) is 11.6. The summed E-state index contributed by atoms with van der Waals surface area (Å²) in [4.78, 5) is 31.1. The van der Waals surface area contributed by atoms with Gasteiger partial charge >= 0.3 is 0 Å². The van der Waals surface area contributed by atoms with Crippen LogP contribution in [0.2, 0.25) is 0 Å². The number of rotatable bonds is 5. The second kappa shape index (κ2) is 6.66. The summed E-state index contributed by atoms with van der Waals surface area (Å²) in [6.45, 7) is 4.04. The van der Waals surface area contributed by atoms with E-state index in [0.29, 0.717) is 23.0 Å². The van der Waals surface area contributed by atoms with E-state index in [1.54, 1.807) is 12.1 Å². The molecule has 2 aromatic heterocycles. The van der Waals surface area contributed by atoms with Crippen LogP contribution in [0.1, 0.15) is 41.5 Å². The maximum Gasteiger partial charge on any atom is 0.256 e. The fraction of sp³-hybridized carbons (Fsp3) is 0.294. The van der Waals surface area contributed by atoms with Gasteiger partial charge in [0.25, 0.3) is 11.5 Å². The predicted molar refractivity (Wildman–Crippen MR) is 91.4 cm³/mol. The van der Waals surface area contributed by atoms with Crippen LogP contribution in [0.4, 0.5) is 5.82 Å². The molecular formula is C17H19N5O2. The quantitative estimate of drug-likeness (QED) is 0.753. The van der Waals surface area contributed by atoms with Gasteiger partial charge in [0.15, 0.2) is 5.82 Å². The van der Waals surface area contributed by atoms with E-state index in [1.807, 2.05) is 19.1 Å². The molecule has 0 aliphatic heterocycles. The number of unbranched alkanes of at least 4 members (excludes halogenated alkanes) is 1. The second-order valence-corrected chi connectivity index (χ2v) is 5.71. The largest absolute Gasteiger partial charge is 0.306 e. The number of amides is 1. The Morgan fingerprint density at radius 1 is 1.29 bits per heavy atom. The van der Waals surface area contributed by atoms with Crippen LogP contribution in [0.5, 0.6) is 0 Å². The maximum atomic E-state index is 12.4. The molecule has 1 aromatic carbocycles. The van der Waals surface area contributed by atoms with Crippen molar-refractivity contribution in [2.75, 3.05) is 5.32 Å². The van der Waals surface area contributed by atoms with E-state index in [4.69, 9.17) is 0 Å². The van der Waals surface area contributed by atoms with Gasteiger partial charge in [-0.25, -0.2) is 0 Å². The average molecular weight is 325 g/mol. The summed E-state index contributed by atoms with van der Waals surface area (Å²) in [5.41, 5.74) is 1.25. The van der Waals surface area contributed by atoms with Gasteiger partial charge in [0, 0.05) is 18.1 Å². The van der Waals surface area contributed by atoms with Crippen molar-refractivity contribution in [3.63, 3.8) is 0 Å². The third-order valence-corrected chi connectivity index (χ3v) is 3.69. The summed E-state index contributed by atoms with van der Waals surface area (Å²) >= 11 is 0. The highest BCUT2D eigenvalue weighted by atomic mass is 16.2. The topological polar surface area (TPSA) is 92.1 Å². The number of anilines is 1. The van der Waals surface area contributed by atoms with Crippen LogP contribution in [0.15, 0.2) is 35.1 Å². The molecule has 7 nitrogen and oxygen atoms in total. The molecule has 0 saturated heterocycles. The summed E-state index contributed by atoms with van der Waals surface area (Å²) in [7, 11) is 0. The van der Waals surface area contributed by atoms with E-state index in [1.165, 1.54) is 10.6 Å². The molecule has 0 fully saturated rings. The van der Waals surface area contributed by atoms with Crippen molar-refractivity contribution in [1.82, 2.24) is 19.6 Å². The Bertz CT molecular complexity index is 924. The number of benzene rings is 1. The van der Waals surface area contributed by atoms with Crippen LogP contribution in [-0.4, -0.2) is 25.5 Å². The van der Waals surface area contributed by atoms with E-state index >= 15 is 0 Å². The molecular weight excluding hydrogens is 306 g/mol. The Hall–Kier alpha value is -2.96. The fourth-order valence-electron chi connectivity index (χ4n) is 2.36. The van der Waals surface area contributed by atoms with Crippen molar-refractivity contribution in [3.05, 3.63) is 57.6 Å². The first-order valence-electron chi connectivity index (χ1n) is 7.94. The number of aryl methyl sites for hydroxylation is 2. The Balaban J connectivity index is 1.93. The van der Waals surface area contributed by atoms with Gasteiger partial charge in [-0.3, -0.25) is 14.6 Å². The van der Waals surface area contributed by atoms with Gasteiger partial charge in [0.1, 0.15) is 5.82 Å².